The molecule has 0 aromatic heterocycles. The zero-order chi connectivity index (χ0) is 18.4. The van der Waals surface area contributed by atoms with Crippen LogP contribution in [-0.4, -0.2) is 24.6 Å². The van der Waals surface area contributed by atoms with E-state index < -0.39 is 18.6 Å². The second kappa shape index (κ2) is 8.99. The van der Waals surface area contributed by atoms with Gasteiger partial charge in [-0.1, -0.05) is 30.9 Å². The van der Waals surface area contributed by atoms with E-state index in [1.54, 1.807) is 0 Å². The molecule has 1 amide bonds. The molecule has 5 nitrogen and oxygen atoms in total. The number of benzene rings is 1. The number of nitrogens with one attached hydrogen (secondary N) is 1. The van der Waals surface area contributed by atoms with E-state index in [4.69, 9.17) is 16.3 Å². The Kier molecular flexibility index (Phi) is 6.99. The predicted octanol–water partition coefficient (Wildman–Crippen LogP) is 4.39. The number of carbonyl (C=O) groups excluding carboxylic acids is 2. The molecule has 0 radical (unpaired) electrons. The molecular weight excluding hydrogens is 356 g/mol. The fraction of sp³-hybridized carbons (Fsp3) is 0.529. The molecule has 1 saturated carbocycles. The van der Waals surface area contributed by atoms with Gasteiger partial charge in [0.2, 0.25) is 0 Å². The summed E-state index contributed by atoms with van der Waals surface area (Å²) < 4.78 is 33.8. The third kappa shape index (κ3) is 5.85. The third-order valence-corrected chi connectivity index (χ3v) is 4.31. The van der Waals surface area contributed by atoms with Gasteiger partial charge in [0, 0.05) is 5.69 Å². The Hall–Kier alpha value is -1.89. The van der Waals surface area contributed by atoms with E-state index in [1.807, 2.05) is 0 Å². The number of carbonyl (C=O) groups is 2. The summed E-state index contributed by atoms with van der Waals surface area (Å²) in [5.74, 6) is -1.22. The molecule has 0 aliphatic heterocycles. The minimum absolute atomic E-state index is 0.0649. The van der Waals surface area contributed by atoms with Crippen LogP contribution < -0.4 is 10.1 Å². The molecule has 0 heterocycles. The van der Waals surface area contributed by atoms with E-state index in [9.17, 15) is 18.4 Å². The van der Waals surface area contributed by atoms with E-state index in [2.05, 4.69) is 10.1 Å². The van der Waals surface area contributed by atoms with Crippen LogP contribution in [0.2, 0.25) is 5.02 Å². The van der Waals surface area contributed by atoms with Crippen molar-refractivity contribution in [3.8, 4) is 5.75 Å². The Morgan fingerprint density at radius 1 is 1.24 bits per heavy atom. The van der Waals surface area contributed by atoms with Crippen LogP contribution in [0.1, 0.15) is 39.0 Å². The van der Waals surface area contributed by atoms with Crippen LogP contribution in [-0.2, 0) is 14.3 Å². The summed E-state index contributed by atoms with van der Waals surface area (Å²) >= 11 is 5.83. The molecule has 2 rings (SSSR count). The Balaban J connectivity index is 1.89. The van der Waals surface area contributed by atoms with Gasteiger partial charge >= 0.3 is 12.6 Å². The normalized spacial score (nSPS) is 16.4. The van der Waals surface area contributed by atoms with Crippen LogP contribution in [0, 0.1) is 5.92 Å². The van der Waals surface area contributed by atoms with E-state index in [0.717, 1.165) is 32.1 Å². The highest BCUT2D eigenvalue weighted by Gasteiger charge is 2.26. The van der Waals surface area contributed by atoms with Crippen molar-refractivity contribution in [3.63, 3.8) is 0 Å². The van der Waals surface area contributed by atoms with Gasteiger partial charge < -0.3 is 14.8 Å². The van der Waals surface area contributed by atoms with Gasteiger partial charge in [-0.25, -0.2) is 0 Å². The van der Waals surface area contributed by atoms with Crippen molar-refractivity contribution in [2.75, 3.05) is 5.32 Å². The lowest BCUT2D eigenvalue weighted by Crippen LogP contribution is -2.32. The molecule has 1 aliphatic rings. The fourth-order valence-corrected chi connectivity index (χ4v) is 2.90. The minimum atomic E-state index is -2.99. The molecule has 1 N–H and O–H groups in total. The standard InChI is InChI=1S/C17H20ClF2NO4/c1-10(24-16(23)11-5-3-2-4-6-11)15(22)21-12-7-8-14(13(18)9-12)25-17(19)20/h7-11,17H,2-6H2,1H3,(H,21,22). The highest BCUT2D eigenvalue weighted by Crippen LogP contribution is 2.29. The molecule has 1 unspecified atom stereocenters. The van der Waals surface area contributed by atoms with Gasteiger partial charge in [-0.05, 0) is 38.0 Å². The summed E-state index contributed by atoms with van der Waals surface area (Å²) in [6.45, 7) is -1.51. The maximum atomic E-state index is 12.2. The van der Waals surface area contributed by atoms with Gasteiger partial charge in [0.1, 0.15) is 5.75 Å². The number of halogens is 3. The molecular formula is C17H20ClF2NO4. The van der Waals surface area contributed by atoms with Crippen molar-refractivity contribution in [2.45, 2.75) is 51.7 Å². The van der Waals surface area contributed by atoms with Crippen LogP contribution in [0.3, 0.4) is 0 Å². The number of hydrogen-bond donors (Lipinski definition) is 1. The van der Waals surface area contributed by atoms with E-state index >= 15 is 0 Å². The molecule has 1 aliphatic carbocycles. The highest BCUT2D eigenvalue weighted by atomic mass is 35.5. The monoisotopic (exact) mass is 375 g/mol. The van der Waals surface area contributed by atoms with Crippen molar-refractivity contribution in [1.29, 1.82) is 0 Å². The molecule has 1 atom stereocenters. The lowest BCUT2D eigenvalue weighted by Gasteiger charge is -2.22. The van der Waals surface area contributed by atoms with E-state index in [1.165, 1.54) is 25.1 Å². The van der Waals surface area contributed by atoms with Gasteiger partial charge in [0.15, 0.2) is 6.10 Å². The van der Waals surface area contributed by atoms with Crippen LogP contribution in [0.25, 0.3) is 0 Å². The number of alkyl halides is 2. The maximum Gasteiger partial charge on any atom is 0.387 e. The van der Waals surface area contributed by atoms with Crippen molar-refractivity contribution in [1.82, 2.24) is 0 Å². The van der Waals surface area contributed by atoms with Gasteiger partial charge in [-0.2, -0.15) is 8.78 Å². The number of rotatable bonds is 6. The van der Waals surface area contributed by atoms with Crippen LogP contribution in [0.15, 0.2) is 18.2 Å². The van der Waals surface area contributed by atoms with E-state index in [0.29, 0.717) is 0 Å². The first-order valence-electron chi connectivity index (χ1n) is 8.12. The summed E-state index contributed by atoms with van der Waals surface area (Å²) in [7, 11) is 0. The van der Waals surface area contributed by atoms with Gasteiger partial charge in [0.05, 0.1) is 10.9 Å². The molecule has 0 saturated heterocycles. The summed E-state index contributed by atoms with van der Waals surface area (Å²) in [4.78, 5) is 24.2. The third-order valence-electron chi connectivity index (χ3n) is 4.02. The van der Waals surface area contributed by atoms with Gasteiger partial charge in [0.25, 0.3) is 5.91 Å². The van der Waals surface area contributed by atoms with Crippen molar-refractivity contribution < 1.29 is 27.8 Å². The second-order valence-electron chi connectivity index (χ2n) is 5.93. The van der Waals surface area contributed by atoms with Crippen LogP contribution in [0.5, 0.6) is 5.75 Å². The van der Waals surface area contributed by atoms with Crippen molar-refractivity contribution in [3.05, 3.63) is 23.2 Å². The number of amides is 1. The molecule has 1 aromatic carbocycles. The maximum absolute atomic E-state index is 12.2. The summed E-state index contributed by atoms with van der Waals surface area (Å²) in [5.41, 5.74) is 0.289. The number of esters is 1. The van der Waals surface area contributed by atoms with Crippen molar-refractivity contribution in [2.24, 2.45) is 5.92 Å². The van der Waals surface area contributed by atoms with Crippen molar-refractivity contribution >= 4 is 29.2 Å². The Morgan fingerprint density at radius 3 is 2.52 bits per heavy atom. The van der Waals surface area contributed by atoms with Gasteiger partial charge in [-0.15, -0.1) is 0 Å². The second-order valence-corrected chi connectivity index (χ2v) is 6.33. The SMILES string of the molecule is CC(OC(=O)C1CCCCC1)C(=O)Nc1ccc(OC(F)F)c(Cl)c1. The summed E-state index contributed by atoms with van der Waals surface area (Å²) in [6, 6.07) is 3.88. The topological polar surface area (TPSA) is 64.6 Å². The molecule has 25 heavy (non-hydrogen) atoms. The Bertz CT molecular complexity index is 621. The zero-order valence-corrected chi connectivity index (χ0v) is 14.5. The molecule has 0 bridgehead atoms. The first-order chi connectivity index (χ1) is 11.9. The lowest BCUT2D eigenvalue weighted by atomic mass is 9.89. The zero-order valence-electron chi connectivity index (χ0n) is 13.8. The Morgan fingerprint density at radius 2 is 1.92 bits per heavy atom. The number of ether oxygens (including phenoxy) is 2. The first kappa shape index (κ1) is 19.4. The first-order valence-corrected chi connectivity index (χ1v) is 8.50. The minimum Gasteiger partial charge on any atom is -0.452 e. The quantitative estimate of drug-likeness (QED) is 0.749. The molecule has 0 spiro atoms. The summed E-state index contributed by atoms with van der Waals surface area (Å²) in [5, 5.41) is 2.46. The summed E-state index contributed by atoms with van der Waals surface area (Å²) in [6.07, 6.45) is 3.71. The van der Waals surface area contributed by atoms with Crippen LogP contribution in [0.4, 0.5) is 14.5 Å². The average Bonchev–Trinajstić information content (AvgIpc) is 2.57. The molecule has 1 aromatic rings. The molecule has 1 fully saturated rings. The van der Waals surface area contributed by atoms with Gasteiger partial charge in [-0.3, -0.25) is 9.59 Å². The Labute approximate surface area is 149 Å². The number of anilines is 1. The molecule has 8 heteroatoms. The highest BCUT2D eigenvalue weighted by molar-refractivity contribution is 6.32. The smallest absolute Gasteiger partial charge is 0.387 e. The number of hydrogen-bond acceptors (Lipinski definition) is 4. The average molecular weight is 376 g/mol. The van der Waals surface area contributed by atoms with Crippen LogP contribution >= 0.6 is 11.6 Å². The lowest BCUT2D eigenvalue weighted by molar-refractivity contribution is -0.158. The fourth-order valence-electron chi connectivity index (χ4n) is 2.68. The predicted molar refractivity (Wildman–Crippen MR) is 88.8 cm³/mol. The van der Waals surface area contributed by atoms with E-state index in [-0.39, 0.29) is 28.3 Å². The largest absolute Gasteiger partial charge is 0.452 e. The molecule has 138 valence electrons.